The number of ketones is 1. The average molecular weight is 162 g/mol. The van der Waals surface area contributed by atoms with Crippen LogP contribution in [0, 0.1) is 0 Å². The third-order valence-electron chi connectivity index (χ3n) is 2.32. The van der Waals surface area contributed by atoms with Crippen LogP contribution in [-0.2, 0) is 4.79 Å². The monoisotopic (exact) mass is 162 g/mol. The highest BCUT2D eigenvalue weighted by Crippen LogP contribution is 2.37. The Bertz CT molecular complexity index is 309. The number of benzene rings is 1. The second-order valence-electron chi connectivity index (χ2n) is 3.20. The van der Waals surface area contributed by atoms with E-state index in [9.17, 15) is 9.90 Å². The molecule has 2 nitrogen and oxygen atoms in total. The minimum Gasteiger partial charge on any atom is -0.508 e. The van der Waals surface area contributed by atoms with Gasteiger partial charge in [0.2, 0.25) is 0 Å². The summed E-state index contributed by atoms with van der Waals surface area (Å²) in [6.07, 6.45) is 1.19. The fourth-order valence-electron chi connectivity index (χ4n) is 1.54. The molecule has 1 N–H and O–H groups in total. The summed E-state index contributed by atoms with van der Waals surface area (Å²) in [5.74, 6) is 0.872. The van der Waals surface area contributed by atoms with E-state index in [0.717, 1.165) is 5.56 Å². The van der Waals surface area contributed by atoms with Gasteiger partial charge in [-0.2, -0.15) is 0 Å². The van der Waals surface area contributed by atoms with Gasteiger partial charge in [-0.1, -0.05) is 18.2 Å². The average Bonchev–Trinajstić information content (AvgIpc) is 2.01. The standard InChI is InChI=1S/C10H10O2/c11-8-5-7(6-8)9-3-1-2-4-10(9)12/h1-4,7,12H,5-6H2. The summed E-state index contributed by atoms with van der Waals surface area (Å²) < 4.78 is 0. The molecule has 0 amide bonds. The van der Waals surface area contributed by atoms with Crippen molar-refractivity contribution in [3.05, 3.63) is 29.8 Å². The Morgan fingerprint density at radius 3 is 2.50 bits per heavy atom. The molecule has 0 radical (unpaired) electrons. The number of rotatable bonds is 1. The van der Waals surface area contributed by atoms with Crippen molar-refractivity contribution in [3.8, 4) is 5.75 Å². The van der Waals surface area contributed by atoms with Crippen LogP contribution in [0.3, 0.4) is 0 Å². The minimum atomic E-state index is 0.263. The van der Waals surface area contributed by atoms with Gasteiger partial charge in [0.15, 0.2) is 0 Å². The second kappa shape index (κ2) is 2.63. The van der Waals surface area contributed by atoms with E-state index >= 15 is 0 Å². The Balaban J connectivity index is 2.23. The van der Waals surface area contributed by atoms with Crippen molar-refractivity contribution in [3.63, 3.8) is 0 Å². The Morgan fingerprint density at radius 2 is 1.92 bits per heavy atom. The molecule has 1 aliphatic carbocycles. The number of Topliss-reactive ketones (excluding diaryl/α,β-unsaturated/α-hetero) is 1. The van der Waals surface area contributed by atoms with Gasteiger partial charge in [0, 0.05) is 18.8 Å². The molecule has 2 rings (SSSR count). The Morgan fingerprint density at radius 1 is 1.25 bits per heavy atom. The van der Waals surface area contributed by atoms with Gasteiger partial charge in [0.05, 0.1) is 0 Å². The molecule has 12 heavy (non-hydrogen) atoms. The summed E-state index contributed by atoms with van der Waals surface area (Å²) in [5.41, 5.74) is 0.914. The fraction of sp³-hybridized carbons (Fsp3) is 0.300. The van der Waals surface area contributed by atoms with Crippen molar-refractivity contribution in [2.45, 2.75) is 18.8 Å². The SMILES string of the molecule is O=C1CC(c2ccccc2O)C1. The molecule has 0 spiro atoms. The summed E-state index contributed by atoms with van der Waals surface area (Å²) in [7, 11) is 0. The van der Waals surface area contributed by atoms with Crippen LogP contribution in [0.15, 0.2) is 24.3 Å². The second-order valence-corrected chi connectivity index (χ2v) is 3.20. The van der Waals surface area contributed by atoms with E-state index < -0.39 is 0 Å². The van der Waals surface area contributed by atoms with Gasteiger partial charge in [-0.15, -0.1) is 0 Å². The maximum atomic E-state index is 10.7. The first-order chi connectivity index (χ1) is 5.77. The highest BCUT2D eigenvalue weighted by molar-refractivity contribution is 5.86. The van der Waals surface area contributed by atoms with E-state index in [2.05, 4.69) is 0 Å². The van der Waals surface area contributed by atoms with E-state index in [1.807, 2.05) is 12.1 Å². The third-order valence-corrected chi connectivity index (χ3v) is 2.32. The van der Waals surface area contributed by atoms with Crippen LogP contribution in [-0.4, -0.2) is 10.9 Å². The van der Waals surface area contributed by atoms with Crippen molar-refractivity contribution in [2.24, 2.45) is 0 Å². The summed E-state index contributed by atoms with van der Waals surface area (Å²) in [6.45, 7) is 0. The van der Waals surface area contributed by atoms with E-state index in [1.54, 1.807) is 12.1 Å². The topological polar surface area (TPSA) is 37.3 Å². The first-order valence-corrected chi connectivity index (χ1v) is 4.07. The van der Waals surface area contributed by atoms with Gasteiger partial charge in [-0.25, -0.2) is 0 Å². The first kappa shape index (κ1) is 7.35. The lowest BCUT2D eigenvalue weighted by atomic mass is 9.78. The molecular formula is C10H10O2. The smallest absolute Gasteiger partial charge is 0.134 e. The molecule has 0 aliphatic heterocycles. The summed E-state index contributed by atoms with van der Waals surface area (Å²) >= 11 is 0. The van der Waals surface area contributed by atoms with Gasteiger partial charge >= 0.3 is 0 Å². The van der Waals surface area contributed by atoms with Crippen molar-refractivity contribution < 1.29 is 9.90 Å². The molecule has 1 aliphatic rings. The van der Waals surface area contributed by atoms with Gasteiger partial charge in [-0.3, -0.25) is 4.79 Å². The molecule has 2 heteroatoms. The number of phenolic OH excluding ortho intramolecular Hbond substituents is 1. The van der Waals surface area contributed by atoms with Crippen LogP contribution in [0.1, 0.15) is 24.3 Å². The number of hydrogen-bond acceptors (Lipinski definition) is 2. The van der Waals surface area contributed by atoms with Gasteiger partial charge in [0.1, 0.15) is 11.5 Å². The van der Waals surface area contributed by atoms with Gasteiger partial charge in [0.25, 0.3) is 0 Å². The normalized spacial score (nSPS) is 17.5. The number of para-hydroxylation sites is 1. The number of phenols is 1. The Kier molecular flexibility index (Phi) is 1.61. The van der Waals surface area contributed by atoms with Gasteiger partial charge < -0.3 is 5.11 Å². The van der Waals surface area contributed by atoms with E-state index in [-0.39, 0.29) is 5.92 Å². The minimum absolute atomic E-state index is 0.263. The number of carbonyl (C=O) groups excluding carboxylic acids is 1. The molecular weight excluding hydrogens is 152 g/mol. The quantitative estimate of drug-likeness (QED) is 0.684. The summed E-state index contributed by atoms with van der Waals surface area (Å²) in [4.78, 5) is 10.7. The van der Waals surface area contributed by atoms with E-state index in [0.29, 0.717) is 24.4 Å². The zero-order chi connectivity index (χ0) is 8.55. The van der Waals surface area contributed by atoms with Crippen LogP contribution >= 0.6 is 0 Å². The highest BCUT2D eigenvalue weighted by Gasteiger charge is 2.29. The summed E-state index contributed by atoms with van der Waals surface area (Å²) in [6, 6.07) is 7.22. The lowest BCUT2D eigenvalue weighted by molar-refractivity contribution is -0.124. The van der Waals surface area contributed by atoms with Crippen molar-refractivity contribution >= 4 is 5.78 Å². The van der Waals surface area contributed by atoms with Crippen molar-refractivity contribution in [2.75, 3.05) is 0 Å². The Labute approximate surface area is 70.8 Å². The molecule has 0 heterocycles. The zero-order valence-corrected chi connectivity index (χ0v) is 6.66. The maximum Gasteiger partial charge on any atom is 0.134 e. The third kappa shape index (κ3) is 1.09. The van der Waals surface area contributed by atoms with E-state index in [4.69, 9.17) is 0 Å². The van der Waals surface area contributed by atoms with Crippen LogP contribution in [0.5, 0.6) is 5.75 Å². The molecule has 1 aromatic carbocycles. The number of aromatic hydroxyl groups is 1. The molecule has 1 saturated carbocycles. The lowest BCUT2D eigenvalue weighted by Crippen LogP contribution is -2.20. The van der Waals surface area contributed by atoms with Crippen LogP contribution < -0.4 is 0 Å². The molecule has 1 fully saturated rings. The van der Waals surface area contributed by atoms with Crippen LogP contribution in [0.2, 0.25) is 0 Å². The largest absolute Gasteiger partial charge is 0.508 e. The molecule has 0 bridgehead atoms. The maximum absolute atomic E-state index is 10.7. The molecule has 62 valence electrons. The predicted molar refractivity (Wildman–Crippen MR) is 45.1 cm³/mol. The first-order valence-electron chi connectivity index (χ1n) is 4.07. The molecule has 0 unspecified atom stereocenters. The van der Waals surface area contributed by atoms with Crippen molar-refractivity contribution in [1.29, 1.82) is 0 Å². The van der Waals surface area contributed by atoms with E-state index in [1.165, 1.54) is 0 Å². The predicted octanol–water partition coefficient (Wildman–Crippen LogP) is 1.84. The van der Waals surface area contributed by atoms with Gasteiger partial charge in [-0.05, 0) is 11.6 Å². The summed E-state index contributed by atoms with van der Waals surface area (Å²) in [5, 5.41) is 9.42. The molecule has 0 aromatic heterocycles. The Hall–Kier alpha value is -1.31. The molecule has 0 atom stereocenters. The van der Waals surface area contributed by atoms with Crippen LogP contribution in [0.4, 0.5) is 0 Å². The highest BCUT2D eigenvalue weighted by atomic mass is 16.3. The van der Waals surface area contributed by atoms with Crippen LogP contribution in [0.25, 0.3) is 0 Å². The molecule has 0 saturated heterocycles. The zero-order valence-electron chi connectivity index (χ0n) is 6.66. The fourth-order valence-corrected chi connectivity index (χ4v) is 1.54. The number of hydrogen-bond donors (Lipinski definition) is 1. The lowest BCUT2D eigenvalue weighted by Gasteiger charge is -2.24. The molecule has 1 aromatic rings. The van der Waals surface area contributed by atoms with Crippen molar-refractivity contribution in [1.82, 2.24) is 0 Å². The number of carbonyl (C=O) groups is 1.